The average Bonchev–Trinajstić information content (AvgIpc) is 3.13. The first-order valence-corrected chi connectivity index (χ1v) is 9.04. The van der Waals surface area contributed by atoms with Gasteiger partial charge in [-0.1, -0.05) is 24.3 Å². The zero-order valence-electron chi connectivity index (χ0n) is 15.8. The molecule has 1 fully saturated rings. The summed E-state index contributed by atoms with van der Waals surface area (Å²) >= 11 is 0. The van der Waals surface area contributed by atoms with E-state index in [9.17, 15) is 9.59 Å². The molecule has 2 N–H and O–H groups in total. The molecule has 4 rings (SSSR count). The molecule has 1 saturated heterocycles. The molecule has 143 valence electrons. The number of likely N-dealkylation sites (tertiary alicyclic amines) is 1. The van der Waals surface area contributed by atoms with Gasteiger partial charge in [0.15, 0.2) is 5.65 Å². The highest BCUT2D eigenvalue weighted by atomic mass is 16.2. The largest absolute Gasteiger partial charge is 0.365 e. The van der Waals surface area contributed by atoms with E-state index in [1.54, 1.807) is 22.4 Å². The second kappa shape index (κ2) is 7.05. The monoisotopic (exact) mass is 377 g/mol. The minimum atomic E-state index is -0.545. The number of hydrogen-bond acceptors (Lipinski definition) is 5. The number of aromatic nitrogens is 3. The van der Waals surface area contributed by atoms with Crippen molar-refractivity contribution in [1.82, 2.24) is 24.4 Å². The molecular formula is C20H21N6O2. The molecule has 1 radical (unpaired) electrons. The summed E-state index contributed by atoms with van der Waals surface area (Å²) < 4.78 is 1.58. The van der Waals surface area contributed by atoms with Crippen molar-refractivity contribution in [2.75, 3.05) is 20.1 Å². The second-order valence-electron chi connectivity index (χ2n) is 7.12. The summed E-state index contributed by atoms with van der Waals surface area (Å²) in [5, 5.41) is 4.10. The lowest BCUT2D eigenvalue weighted by molar-refractivity contribution is -0.133. The van der Waals surface area contributed by atoms with Crippen molar-refractivity contribution in [2.24, 2.45) is 5.73 Å². The molecule has 1 aromatic carbocycles. The topological polar surface area (TPSA) is 96.8 Å². The number of carbonyl (C=O) groups excluding carboxylic acids is 2. The van der Waals surface area contributed by atoms with Crippen LogP contribution < -0.4 is 5.73 Å². The van der Waals surface area contributed by atoms with Gasteiger partial charge in [-0.25, -0.2) is 9.50 Å². The van der Waals surface area contributed by atoms with Gasteiger partial charge in [0.25, 0.3) is 5.91 Å². The van der Waals surface area contributed by atoms with Gasteiger partial charge in [0.2, 0.25) is 12.2 Å². The molecule has 0 aliphatic carbocycles. The van der Waals surface area contributed by atoms with Crippen LogP contribution in [0, 0.1) is 6.33 Å². The molecule has 1 aliphatic rings. The summed E-state index contributed by atoms with van der Waals surface area (Å²) in [7, 11) is 1.85. The predicted octanol–water partition coefficient (Wildman–Crippen LogP) is 0.958. The van der Waals surface area contributed by atoms with E-state index in [-0.39, 0.29) is 5.91 Å². The van der Waals surface area contributed by atoms with Gasteiger partial charge in [-0.15, -0.1) is 5.10 Å². The zero-order chi connectivity index (χ0) is 19.8. The SMILES string of the molecule is CC(=O)N(C)C1CN(Cc2ccc(-c3ccc(C(N)=O)c4n[c]nn34)cc2)C1. The Kier molecular flexibility index (Phi) is 4.56. The summed E-state index contributed by atoms with van der Waals surface area (Å²) in [6.45, 7) is 4.22. The molecule has 0 saturated carbocycles. The van der Waals surface area contributed by atoms with Crippen LogP contribution in [-0.4, -0.2) is 62.4 Å². The van der Waals surface area contributed by atoms with Crippen molar-refractivity contribution in [2.45, 2.75) is 19.5 Å². The summed E-state index contributed by atoms with van der Waals surface area (Å²) in [5.74, 6) is -0.440. The van der Waals surface area contributed by atoms with E-state index < -0.39 is 5.91 Å². The van der Waals surface area contributed by atoms with E-state index >= 15 is 0 Å². The van der Waals surface area contributed by atoms with Gasteiger partial charge in [0.05, 0.1) is 17.3 Å². The molecule has 0 atom stereocenters. The Morgan fingerprint density at radius 2 is 1.93 bits per heavy atom. The van der Waals surface area contributed by atoms with Crippen LogP contribution in [0.2, 0.25) is 0 Å². The van der Waals surface area contributed by atoms with Gasteiger partial charge in [-0.2, -0.15) is 0 Å². The molecule has 1 aliphatic heterocycles. The predicted molar refractivity (Wildman–Crippen MR) is 103 cm³/mol. The van der Waals surface area contributed by atoms with Gasteiger partial charge in [0, 0.05) is 39.2 Å². The highest BCUT2D eigenvalue weighted by molar-refractivity contribution is 5.99. The van der Waals surface area contributed by atoms with Gasteiger partial charge >= 0.3 is 0 Å². The van der Waals surface area contributed by atoms with Gasteiger partial charge < -0.3 is 10.6 Å². The maximum Gasteiger partial charge on any atom is 0.252 e. The molecule has 3 aromatic rings. The highest BCUT2D eigenvalue weighted by Crippen LogP contribution is 2.23. The number of benzene rings is 1. The smallest absolute Gasteiger partial charge is 0.252 e. The number of rotatable bonds is 5. The third kappa shape index (κ3) is 3.22. The second-order valence-corrected chi connectivity index (χ2v) is 7.12. The fraction of sp³-hybridized carbons (Fsp3) is 0.300. The molecule has 8 heteroatoms. The van der Waals surface area contributed by atoms with Crippen molar-refractivity contribution < 1.29 is 9.59 Å². The van der Waals surface area contributed by atoms with Crippen LogP contribution in [0.25, 0.3) is 16.9 Å². The molecule has 8 nitrogen and oxygen atoms in total. The fourth-order valence-corrected chi connectivity index (χ4v) is 3.48. The standard InChI is InChI=1S/C20H21N6O2/c1-13(27)24(2)16-10-25(11-16)9-14-3-5-15(6-4-14)18-8-7-17(19(21)28)20-22-12-23-26(18)20/h3-8,16H,9-11H2,1-2H3,(H2,21,28). The number of nitrogens with zero attached hydrogens (tertiary/aromatic N) is 5. The van der Waals surface area contributed by atoms with Gasteiger partial charge in [-0.3, -0.25) is 14.5 Å². The summed E-state index contributed by atoms with van der Waals surface area (Å²) in [6.07, 6.45) is 2.54. The number of amides is 2. The lowest BCUT2D eigenvalue weighted by Crippen LogP contribution is -2.58. The van der Waals surface area contributed by atoms with Crippen LogP contribution in [0.1, 0.15) is 22.8 Å². The van der Waals surface area contributed by atoms with Crippen LogP contribution >= 0.6 is 0 Å². The van der Waals surface area contributed by atoms with E-state index in [1.807, 2.05) is 25.2 Å². The molecule has 0 spiro atoms. The summed E-state index contributed by atoms with van der Waals surface area (Å²) in [5.41, 5.74) is 9.08. The molecular weight excluding hydrogens is 356 g/mol. The first kappa shape index (κ1) is 18.1. The summed E-state index contributed by atoms with van der Waals surface area (Å²) in [4.78, 5) is 31.1. The Hall–Kier alpha value is -3.26. The minimum absolute atomic E-state index is 0.105. The van der Waals surface area contributed by atoms with E-state index in [0.29, 0.717) is 17.3 Å². The summed E-state index contributed by atoms with van der Waals surface area (Å²) in [6, 6.07) is 12.0. The van der Waals surface area contributed by atoms with E-state index in [2.05, 4.69) is 33.4 Å². The Morgan fingerprint density at radius 3 is 2.57 bits per heavy atom. The van der Waals surface area contributed by atoms with E-state index in [4.69, 9.17) is 5.73 Å². The van der Waals surface area contributed by atoms with Crippen molar-refractivity contribution >= 4 is 17.5 Å². The Morgan fingerprint density at radius 1 is 1.21 bits per heavy atom. The number of nitrogens with two attached hydrogens (primary N) is 1. The first-order chi connectivity index (χ1) is 13.4. The number of hydrogen-bond donors (Lipinski definition) is 1. The number of carbonyl (C=O) groups is 2. The van der Waals surface area contributed by atoms with Gasteiger partial charge in [-0.05, 0) is 17.7 Å². The van der Waals surface area contributed by atoms with Gasteiger partial charge in [0.1, 0.15) is 0 Å². The van der Waals surface area contributed by atoms with Crippen LogP contribution in [0.15, 0.2) is 36.4 Å². The minimum Gasteiger partial charge on any atom is -0.365 e. The third-order valence-corrected chi connectivity index (χ3v) is 5.28. The van der Waals surface area contributed by atoms with Crippen LogP contribution in [0.4, 0.5) is 0 Å². The Balaban J connectivity index is 1.48. The number of fused-ring (bicyclic) bond motifs is 1. The Labute approximate surface area is 162 Å². The highest BCUT2D eigenvalue weighted by Gasteiger charge is 2.30. The molecule has 0 bridgehead atoms. The zero-order valence-corrected chi connectivity index (χ0v) is 15.8. The fourth-order valence-electron chi connectivity index (χ4n) is 3.48. The average molecular weight is 377 g/mol. The van der Waals surface area contributed by atoms with Crippen LogP contribution in [-0.2, 0) is 11.3 Å². The molecule has 3 heterocycles. The van der Waals surface area contributed by atoms with Crippen molar-refractivity contribution in [3.63, 3.8) is 0 Å². The lowest BCUT2D eigenvalue weighted by atomic mass is 10.0. The lowest BCUT2D eigenvalue weighted by Gasteiger charge is -2.43. The number of primary amides is 1. The quantitative estimate of drug-likeness (QED) is 0.714. The maximum atomic E-state index is 11.5. The maximum absolute atomic E-state index is 11.5. The molecule has 2 aromatic heterocycles. The van der Waals surface area contributed by atoms with Crippen molar-refractivity contribution in [3.8, 4) is 11.3 Å². The molecule has 2 amide bonds. The van der Waals surface area contributed by atoms with Crippen LogP contribution in [0.5, 0.6) is 0 Å². The van der Waals surface area contributed by atoms with E-state index in [0.717, 1.165) is 30.9 Å². The van der Waals surface area contributed by atoms with E-state index in [1.165, 1.54) is 5.56 Å². The third-order valence-electron chi connectivity index (χ3n) is 5.28. The first-order valence-electron chi connectivity index (χ1n) is 9.04. The number of likely N-dealkylation sites (N-methyl/N-ethyl adjacent to an activating group) is 1. The Bertz CT molecular complexity index is 1040. The molecule has 28 heavy (non-hydrogen) atoms. The number of pyridine rings is 1. The van der Waals surface area contributed by atoms with Crippen molar-refractivity contribution in [1.29, 1.82) is 0 Å². The molecule has 0 unspecified atom stereocenters. The van der Waals surface area contributed by atoms with Crippen LogP contribution in [0.3, 0.4) is 0 Å². The van der Waals surface area contributed by atoms with Crippen molar-refractivity contribution in [3.05, 3.63) is 53.9 Å². The normalized spacial score (nSPS) is 14.8.